The lowest BCUT2D eigenvalue weighted by atomic mass is 9.81. The molecule has 20 heavy (non-hydrogen) atoms. The molecule has 1 aliphatic carbocycles. The predicted molar refractivity (Wildman–Crippen MR) is 83.7 cm³/mol. The third kappa shape index (κ3) is 3.83. The molecule has 0 bridgehead atoms. The number of sulfone groups is 1. The molecule has 0 radical (unpaired) electrons. The Bertz CT molecular complexity index is 513. The lowest BCUT2D eigenvalue weighted by Gasteiger charge is -2.36. The second kappa shape index (κ2) is 6.72. The largest absolute Gasteiger partial charge is 0.313 e. The lowest BCUT2D eigenvalue weighted by Crippen LogP contribution is -2.47. The van der Waals surface area contributed by atoms with E-state index in [-0.39, 0.29) is 11.3 Å². The first-order chi connectivity index (χ1) is 9.52. The summed E-state index contributed by atoms with van der Waals surface area (Å²) < 4.78 is 24.2. The Hall–Kier alpha value is -0.870. The summed E-state index contributed by atoms with van der Waals surface area (Å²) in [6.07, 6.45) is 5.17. The first-order valence-electron chi connectivity index (χ1n) is 7.49. The van der Waals surface area contributed by atoms with Crippen molar-refractivity contribution >= 4 is 9.84 Å². The third-order valence-corrected chi connectivity index (χ3v) is 5.89. The van der Waals surface area contributed by atoms with Gasteiger partial charge in [0.1, 0.15) is 0 Å². The van der Waals surface area contributed by atoms with Gasteiger partial charge in [-0.15, -0.1) is 0 Å². The van der Waals surface area contributed by atoms with Crippen molar-refractivity contribution in [3.05, 3.63) is 35.9 Å². The van der Waals surface area contributed by atoms with Crippen molar-refractivity contribution < 1.29 is 8.42 Å². The quantitative estimate of drug-likeness (QED) is 0.908. The molecule has 1 aliphatic rings. The molecule has 112 valence electrons. The lowest BCUT2D eigenvalue weighted by molar-refractivity contribution is 0.343. The minimum Gasteiger partial charge on any atom is -0.313 e. The molecule has 1 saturated carbocycles. The van der Waals surface area contributed by atoms with E-state index in [4.69, 9.17) is 0 Å². The van der Waals surface area contributed by atoms with E-state index < -0.39 is 9.84 Å². The number of rotatable bonds is 5. The van der Waals surface area contributed by atoms with E-state index in [1.807, 2.05) is 18.2 Å². The highest BCUT2D eigenvalue weighted by Gasteiger charge is 2.36. The fourth-order valence-corrected chi connectivity index (χ4v) is 4.60. The summed E-state index contributed by atoms with van der Waals surface area (Å²) in [4.78, 5) is 0. The van der Waals surface area contributed by atoms with Gasteiger partial charge in [0.25, 0.3) is 0 Å². The number of hydrogen-bond acceptors (Lipinski definition) is 3. The van der Waals surface area contributed by atoms with Crippen molar-refractivity contribution in [1.29, 1.82) is 0 Å². The Kier molecular flexibility index (Phi) is 5.22. The van der Waals surface area contributed by atoms with Gasteiger partial charge in [0, 0.05) is 12.3 Å². The van der Waals surface area contributed by atoms with E-state index in [0.717, 1.165) is 32.2 Å². The summed E-state index contributed by atoms with van der Waals surface area (Å²) in [5.74, 6) is 0.371. The topological polar surface area (TPSA) is 46.2 Å². The Morgan fingerprint density at radius 1 is 1.20 bits per heavy atom. The second-order valence-electron chi connectivity index (χ2n) is 5.85. The van der Waals surface area contributed by atoms with Crippen LogP contribution in [0.25, 0.3) is 0 Å². The van der Waals surface area contributed by atoms with Crippen LogP contribution in [0.4, 0.5) is 0 Å². The fourth-order valence-electron chi connectivity index (χ4n) is 3.19. The van der Waals surface area contributed by atoms with Crippen LogP contribution < -0.4 is 5.32 Å². The van der Waals surface area contributed by atoms with E-state index in [1.54, 1.807) is 0 Å². The van der Waals surface area contributed by atoms with Gasteiger partial charge in [0.15, 0.2) is 9.84 Å². The first-order valence-corrected chi connectivity index (χ1v) is 9.45. The molecule has 1 N–H and O–H groups in total. The highest BCUT2D eigenvalue weighted by Crippen LogP contribution is 2.35. The van der Waals surface area contributed by atoms with E-state index in [9.17, 15) is 8.42 Å². The zero-order chi connectivity index (χ0) is 14.6. The van der Waals surface area contributed by atoms with Gasteiger partial charge in [-0.1, -0.05) is 37.3 Å². The molecule has 0 heterocycles. The van der Waals surface area contributed by atoms with Crippen LogP contribution in [0.1, 0.15) is 44.1 Å². The second-order valence-corrected chi connectivity index (χ2v) is 8.11. The van der Waals surface area contributed by atoms with Crippen LogP contribution in [0.3, 0.4) is 0 Å². The summed E-state index contributed by atoms with van der Waals surface area (Å²) in [5, 5.41) is 3.16. The van der Waals surface area contributed by atoms with Gasteiger partial charge >= 0.3 is 0 Å². The minimum atomic E-state index is -3.01. The molecule has 4 heteroatoms. The highest BCUT2D eigenvalue weighted by atomic mass is 32.2. The minimum absolute atomic E-state index is 0.116. The molecule has 0 aromatic heterocycles. The van der Waals surface area contributed by atoms with Crippen LogP contribution in [0, 0.1) is 0 Å². The molecule has 3 unspecified atom stereocenters. The number of benzene rings is 1. The maximum atomic E-state index is 12.1. The van der Waals surface area contributed by atoms with Gasteiger partial charge < -0.3 is 5.32 Å². The van der Waals surface area contributed by atoms with Crippen LogP contribution in [0.15, 0.2) is 30.3 Å². The average Bonchev–Trinajstić information content (AvgIpc) is 2.45. The zero-order valence-electron chi connectivity index (χ0n) is 12.4. The fraction of sp³-hybridized carbons (Fsp3) is 0.625. The Morgan fingerprint density at radius 3 is 2.50 bits per heavy atom. The molecule has 1 fully saturated rings. The molecular weight excluding hydrogens is 270 g/mol. The van der Waals surface area contributed by atoms with Gasteiger partial charge in [-0.3, -0.25) is 0 Å². The molecule has 0 aliphatic heterocycles. The predicted octanol–water partition coefficient (Wildman–Crippen LogP) is 2.74. The van der Waals surface area contributed by atoms with E-state index in [2.05, 4.69) is 24.4 Å². The maximum Gasteiger partial charge on any atom is 0.151 e. The molecule has 0 amide bonds. The summed E-state index contributed by atoms with van der Waals surface area (Å²) >= 11 is 0. The van der Waals surface area contributed by atoms with E-state index >= 15 is 0 Å². The van der Waals surface area contributed by atoms with Crippen molar-refractivity contribution in [2.24, 2.45) is 0 Å². The first kappa shape index (κ1) is 15.5. The maximum absolute atomic E-state index is 12.1. The number of hydrogen-bond donors (Lipinski definition) is 1. The van der Waals surface area contributed by atoms with Crippen LogP contribution in [-0.4, -0.2) is 32.5 Å². The highest BCUT2D eigenvalue weighted by molar-refractivity contribution is 7.91. The van der Waals surface area contributed by atoms with E-state index in [0.29, 0.717) is 5.92 Å². The summed E-state index contributed by atoms with van der Waals surface area (Å²) in [7, 11) is -3.01. The van der Waals surface area contributed by atoms with Crippen molar-refractivity contribution in [2.45, 2.75) is 49.8 Å². The Morgan fingerprint density at radius 2 is 1.90 bits per heavy atom. The molecule has 3 atom stereocenters. The monoisotopic (exact) mass is 295 g/mol. The van der Waals surface area contributed by atoms with Gasteiger partial charge in [-0.2, -0.15) is 0 Å². The molecular formula is C16H25NO2S. The smallest absolute Gasteiger partial charge is 0.151 e. The van der Waals surface area contributed by atoms with Crippen molar-refractivity contribution in [2.75, 3.05) is 12.8 Å². The van der Waals surface area contributed by atoms with Gasteiger partial charge in [-0.05, 0) is 43.7 Å². The van der Waals surface area contributed by atoms with Crippen LogP contribution in [0.2, 0.25) is 0 Å². The van der Waals surface area contributed by atoms with Crippen molar-refractivity contribution in [3.63, 3.8) is 0 Å². The summed E-state index contributed by atoms with van der Waals surface area (Å²) in [6, 6.07) is 10.4. The van der Waals surface area contributed by atoms with Crippen molar-refractivity contribution in [3.8, 4) is 0 Å². The normalized spacial score (nSPS) is 27.4. The zero-order valence-corrected chi connectivity index (χ0v) is 13.2. The standard InChI is InChI=1S/C16H25NO2S/c1-3-11-17-15-10-9-14(12-16(15)20(2,18)19)13-7-5-4-6-8-13/h4-8,14-17H,3,9-12H2,1-2H3. The van der Waals surface area contributed by atoms with Crippen LogP contribution >= 0.6 is 0 Å². The van der Waals surface area contributed by atoms with Crippen LogP contribution in [0.5, 0.6) is 0 Å². The van der Waals surface area contributed by atoms with E-state index in [1.165, 1.54) is 11.8 Å². The molecule has 1 aromatic carbocycles. The molecule has 3 nitrogen and oxygen atoms in total. The Balaban J connectivity index is 2.13. The summed E-state index contributed by atoms with van der Waals surface area (Å²) in [5.41, 5.74) is 1.27. The molecule has 2 rings (SSSR count). The van der Waals surface area contributed by atoms with Gasteiger partial charge in [0.05, 0.1) is 5.25 Å². The Labute approximate surface area is 122 Å². The average molecular weight is 295 g/mol. The van der Waals surface area contributed by atoms with Gasteiger partial charge in [0.2, 0.25) is 0 Å². The molecule has 0 spiro atoms. The third-order valence-electron chi connectivity index (χ3n) is 4.27. The molecule has 0 saturated heterocycles. The molecule has 1 aromatic rings. The number of nitrogens with one attached hydrogen (secondary N) is 1. The summed E-state index contributed by atoms with van der Waals surface area (Å²) in [6.45, 7) is 3.00. The van der Waals surface area contributed by atoms with Crippen molar-refractivity contribution in [1.82, 2.24) is 5.32 Å². The SMILES string of the molecule is CCCNC1CCC(c2ccccc2)CC1S(C)(=O)=O. The van der Waals surface area contributed by atoms with Gasteiger partial charge in [-0.25, -0.2) is 8.42 Å². The van der Waals surface area contributed by atoms with Crippen LogP contribution in [-0.2, 0) is 9.84 Å².